The van der Waals surface area contributed by atoms with Crippen molar-refractivity contribution >= 4 is 39.3 Å². The molecule has 0 saturated heterocycles. The van der Waals surface area contributed by atoms with Gasteiger partial charge >= 0.3 is 0 Å². The molecule has 5 rings (SSSR count). The number of sulfonamides is 1. The molecule has 46 heavy (non-hydrogen) atoms. The molecule has 0 saturated carbocycles. The third-order valence-electron chi connectivity index (χ3n) is 7.71. The van der Waals surface area contributed by atoms with Crippen molar-refractivity contribution in [3.8, 4) is 34.0 Å². The van der Waals surface area contributed by atoms with E-state index in [1.54, 1.807) is 33.3 Å². The second-order valence-electron chi connectivity index (χ2n) is 10.8. The number of ether oxygens (including phenoxy) is 2. The van der Waals surface area contributed by atoms with Gasteiger partial charge in [-0.25, -0.2) is 13.4 Å². The molecule has 4 aromatic rings. The maximum absolute atomic E-state index is 13.8. The van der Waals surface area contributed by atoms with Gasteiger partial charge in [-0.15, -0.1) is 4.41 Å². The first-order chi connectivity index (χ1) is 22.1. The molecular weight excluding hydrogens is 644 g/mol. The maximum Gasteiger partial charge on any atom is 0.259 e. The molecule has 240 valence electrons. The Hall–Kier alpha value is -4.03. The molecular formula is C34H35ClN4O5S2. The van der Waals surface area contributed by atoms with Crippen LogP contribution in [0.25, 0.3) is 22.5 Å². The van der Waals surface area contributed by atoms with Crippen LogP contribution in [-0.4, -0.2) is 54.8 Å². The van der Waals surface area contributed by atoms with E-state index in [-0.39, 0.29) is 11.4 Å². The fourth-order valence-corrected chi connectivity index (χ4v) is 7.37. The van der Waals surface area contributed by atoms with Crippen molar-refractivity contribution in [2.75, 3.05) is 26.5 Å². The highest BCUT2D eigenvalue weighted by atomic mass is 35.5. The van der Waals surface area contributed by atoms with Crippen molar-refractivity contribution in [3.05, 3.63) is 102 Å². The zero-order valence-electron chi connectivity index (χ0n) is 25.9. The average molecular weight is 679 g/mol. The quantitative estimate of drug-likeness (QED) is 0.130. The number of carbonyl (C=O) groups is 1. The van der Waals surface area contributed by atoms with E-state index in [4.69, 9.17) is 26.1 Å². The highest BCUT2D eigenvalue weighted by molar-refractivity contribution is 7.99. The minimum Gasteiger partial charge on any atom is -0.497 e. The third kappa shape index (κ3) is 7.18. The highest BCUT2D eigenvalue weighted by Crippen LogP contribution is 2.37. The molecule has 1 N–H and O–H groups in total. The summed E-state index contributed by atoms with van der Waals surface area (Å²) in [5.41, 5.74) is 5.30. The molecule has 1 heterocycles. The van der Waals surface area contributed by atoms with Gasteiger partial charge < -0.3 is 14.0 Å². The molecule has 1 aromatic heterocycles. The molecule has 0 radical (unpaired) electrons. The number of nitrogens with zero attached hydrogens (tertiary/aromatic N) is 3. The summed E-state index contributed by atoms with van der Waals surface area (Å²) in [5, 5.41) is 1.09. The summed E-state index contributed by atoms with van der Waals surface area (Å²) in [6.45, 7) is 1.76. The van der Waals surface area contributed by atoms with E-state index in [1.165, 1.54) is 36.0 Å². The van der Waals surface area contributed by atoms with Crippen molar-refractivity contribution in [2.24, 2.45) is 12.5 Å². The number of hydrogen-bond donors (Lipinski definition) is 1. The Morgan fingerprint density at radius 1 is 0.978 bits per heavy atom. The number of aromatic nitrogens is 2. The Balaban J connectivity index is 1.44. The van der Waals surface area contributed by atoms with Crippen LogP contribution >= 0.6 is 23.4 Å². The van der Waals surface area contributed by atoms with Crippen LogP contribution in [0.4, 0.5) is 0 Å². The number of hydrogen-bond acceptors (Lipinski definition) is 7. The van der Waals surface area contributed by atoms with Gasteiger partial charge in [0, 0.05) is 35.5 Å². The molecule has 1 aliphatic rings. The van der Waals surface area contributed by atoms with Gasteiger partial charge in [-0.05, 0) is 86.1 Å². The van der Waals surface area contributed by atoms with Gasteiger partial charge in [-0.2, -0.15) is 0 Å². The monoisotopic (exact) mass is 678 g/mol. The molecule has 12 heteroatoms. The number of allylic oxidation sites excluding steroid dienone is 3. The molecule has 3 aromatic carbocycles. The van der Waals surface area contributed by atoms with Crippen LogP contribution in [0.2, 0.25) is 5.02 Å². The second-order valence-corrected chi connectivity index (χ2v) is 14.2. The van der Waals surface area contributed by atoms with E-state index in [1.807, 2.05) is 72.3 Å². The Labute approximate surface area is 278 Å². The van der Waals surface area contributed by atoms with Crippen LogP contribution in [-0.2, 0) is 21.9 Å². The van der Waals surface area contributed by atoms with Crippen LogP contribution in [0.15, 0.2) is 107 Å². The molecule has 0 fully saturated rings. The first-order valence-corrected chi connectivity index (χ1v) is 17.3. The van der Waals surface area contributed by atoms with Crippen molar-refractivity contribution in [2.45, 2.75) is 23.4 Å². The minimum atomic E-state index is -4.11. The lowest BCUT2D eigenvalue weighted by atomic mass is 9.83. The largest absolute Gasteiger partial charge is 0.497 e. The number of imidazole rings is 1. The number of thioether (sulfide) groups is 1. The molecule has 1 aliphatic carbocycles. The summed E-state index contributed by atoms with van der Waals surface area (Å²) >= 11 is 7.42. The van der Waals surface area contributed by atoms with Crippen molar-refractivity contribution in [1.29, 1.82) is 0 Å². The van der Waals surface area contributed by atoms with Crippen molar-refractivity contribution in [1.82, 2.24) is 19.4 Å². The van der Waals surface area contributed by atoms with Crippen molar-refractivity contribution < 1.29 is 22.7 Å². The van der Waals surface area contributed by atoms with E-state index in [9.17, 15) is 13.2 Å². The molecule has 0 spiro atoms. The van der Waals surface area contributed by atoms with E-state index in [0.29, 0.717) is 22.4 Å². The third-order valence-corrected chi connectivity index (χ3v) is 10.7. The molecule has 9 nitrogen and oxygen atoms in total. The lowest BCUT2D eigenvalue weighted by molar-refractivity contribution is -0.130. The second kappa shape index (κ2) is 14.2. The molecule has 1 unspecified atom stereocenters. The van der Waals surface area contributed by atoms with Crippen LogP contribution in [0.3, 0.4) is 0 Å². The summed E-state index contributed by atoms with van der Waals surface area (Å²) in [6.07, 6.45) is 7.77. The van der Waals surface area contributed by atoms with Gasteiger partial charge in [-0.1, -0.05) is 47.7 Å². The smallest absolute Gasteiger partial charge is 0.259 e. The summed E-state index contributed by atoms with van der Waals surface area (Å²) in [5.74, 6) is 1.35. The Kier molecular flexibility index (Phi) is 10.3. The number of hydrazine groups is 1. The van der Waals surface area contributed by atoms with Crippen LogP contribution in [0.1, 0.15) is 13.3 Å². The fourth-order valence-electron chi connectivity index (χ4n) is 4.96. The summed E-state index contributed by atoms with van der Waals surface area (Å²) in [6, 6.07) is 21.3. The summed E-state index contributed by atoms with van der Waals surface area (Å²) in [4.78, 5) is 18.5. The number of nitrogens with one attached hydrogen (secondary N) is 1. The van der Waals surface area contributed by atoms with Gasteiger partial charge in [0.25, 0.3) is 10.0 Å². The zero-order valence-corrected chi connectivity index (χ0v) is 28.3. The maximum atomic E-state index is 13.8. The fraction of sp³-hybridized carbons (Fsp3) is 0.235. The average Bonchev–Trinajstić information content (AvgIpc) is 3.40. The number of carbonyl (C=O) groups excluding carboxylic acids is 1. The Morgan fingerprint density at radius 3 is 2.15 bits per heavy atom. The van der Waals surface area contributed by atoms with Gasteiger partial charge in [0.1, 0.15) is 11.5 Å². The predicted molar refractivity (Wildman–Crippen MR) is 182 cm³/mol. The first-order valence-electron chi connectivity index (χ1n) is 14.5. The SMILES string of the molecule is COc1ccc(-c2nc(SCCN(NC(=O)C3(C)C=CC=CC3)S(=O)(=O)c3ccc(Cl)cc3)n(C)c2-c2ccc(OC)cc2)cc1. The first kappa shape index (κ1) is 33.3. The van der Waals surface area contributed by atoms with Gasteiger partial charge in [0.15, 0.2) is 5.16 Å². The van der Waals surface area contributed by atoms with Crippen LogP contribution < -0.4 is 14.9 Å². The lowest BCUT2D eigenvalue weighted by Crippen LogP contribution is -2.51. The standard InChI is InChI=1S/C34H35ClN4O5S2/c1-34(20-6-5-7-21-34)32(40)37-39(46(41,42)29-18-12-26(35)13-19-29)22-23-45-33-36-30(24-8-14-27(43-3)15-9-24)31(38(33)2)25-10-16-28(44-4)17-11-25/h5-20H,21-23H2,1-4H3,(H,37,40). The summed E-state index contributed by atoms with van der Waals surface area (Å²) < 4.78 is 41.3. The number of rotatable bonds is 12. The van der Waals surface area contributed by atoms with E-state index >= 15 is 0 Å². The van der Waals surface area contributed by atoms with E-state index < -0.39 is 21.3 Å². The zero-order chi connectivity index (χ0) is 32.9. The molecule has 0 bridgehead atoms. The van der Waals surface area contributed by atoms with Gasteiger partial charge in [0.05, 0.1) is 35.9 Å². The Morgan fingerprint density at radius 2 is 1.59 bits per heavy atom. The number of amides is 1. The van der Waals surface area contributed by atoms with Crippen LogP contribution in [0.5, 0.6) is 11.5 Å². The van der Waals surface area contributed by atoms with Gasteiger partial charge in [0.2, 0.25) is 5.91 Å². The predicted octanol–water partition coefficient (Wildman–Crippen LogP) is 6.76. The summed E-state index contributed by atoms with van der Waals surface area (Å²) in [7, 11) is 1.06. The highest BCUT2D eigenvalue weighted by Gasteiger charge is 2.35. The molecule has 1 atom stereocenters. The van der Waals surface area contributed by atoms with Crippen LogP contribution in [0, 0.1) is 5.41 Å². The minimum absolute atomic E-state index is 0.0143. The molecule has 0 aliphatic heterocycles. The topological polar surface area (TPSA) is 103 Å². The Bertz CT molecular complexity index is 1860. The number of halogens is 1. The number of methoxy groups -OCH3 is 2. The lowest BCUT2D eigenvalue weighted by Gasteiger charge is -2.30. The normalized spacial score (nSPS) is 16.0. The van der Waals surface area contributed by atoms with Gasteiger partial charge in [-0.3, -0.25) is 10.2 Å². The molecule has 1 amide bonds. The van der Waals surface area contributed by atoms with E-state index in [2.05, 4.69) is 5.43 Å². The van der Waals surface area contributed by atoms with E-state index in [0.717, 1.165) is 38.4 Å². The van der Waals surface area contributed by atoms with Crippen molar-refractivity contribution in [3.63, 3.8) is 0 Å². The number of benzene rings is 3.